The Balaban J connectivity index is 2.00. The van der Waals surface area contributed by atoms with Gasteiger partial charge in [0, 0.05) is 5.56 Å². The number of hydrogen-bond acceptors (Lipinski definition) is 3. The third-order valence-corrected chi connectivity index (χ3v) is 3.63. The Morgan fingerprint density at radius 1 is 1.17 bits per heavy atom. The summed E-state index contributed by atoms with van der Waals surface area (Å²) in [5.74, 6) is -0.703. The van der Waals surface area contributed by atoms with Crippen LogP contribution in [-0.4, -0.2) is 28.0 Å². The van der Waals surface area contributed by atoms with E-state index >= 15 is 0 Å². The Hall–Kier alpha value is -3.15. The van der Waals surface area contributed by atoms with Crippen molar-refractivity contribution in [3.8, 4) is 17.0 Å². The largest absolute Gasteiger partial charge is 0.497 e. The molecular weight excluding hydrogens is 311 g/mol. The summed E-state index contributed by atoms with van der Waals surface area (Å²) in [7, 11) is 1.58. The predicted molar refractivity (Wildman–Crippen MR) is 86.7 cm³/mol. The molecule has 3 aromatic rings. The van der Waals surface area contributed by atoms with Crippen molar-refractivity contribution in [1.29, 1.82) is 0 Å². The Morgan fingerprint density at radius 2 is 1.83 bits per heavy atom. The second kappa shape index (κ2) is 6.54. The van der Waals surface area contributed by atoms with Gasteiger partial charge in [0.05, 0.1) is 19.3 Å². The van der Waals surface area contributed by atoms with Gasteiger partial charge in [0.1, 0.15) is 11.6 Å². The maximum Gasteiger partial charge on any atom is 0.356 e. The van der Waals surface area contributed by atoms with Gasteiger partial charge in [-0.15, -0.1) is 0 Å². The third kappa shape index (κ3) is 3.27. The van der Waals surface area contributed by atoms with Gasteiger partial charge in [-0.3, -0.25) is 4.68 Å². The molecular formula is C18H15FN2O3. The number of carboxylic acids is 1. The molecule has 1 aromatic heterocycles. The maximum atomic E-state index is 13.0. The molecule has 5 nitrogen and oxygen atoms in total. The number of benzene rings is 2. The molecule has 0 bridgehead atoms. The van der Waals surface area contributed by atoms with Crippen LogP contribution in [0.2, 0.25) is 0 Å². The quantitative estimate of drug-likeness (QED) is 0.780. The van der Waals surface area contributed by atoms with Crippen LogP contribution in [0.15, 0.2) is 54.6 Å². The van der Waals surface area contributed by atoms with Crippen molar-refractivity contribution in [2.45, 2.75) is 6.54 Å². The summed E-state index contributed by atoms with van der Waals surface area (Å²) in [5, 5.41) is 13.3. The highest BCUT2D eigenvalue weighted by Gasteiger charge is 2.15. The van der Waals surface area contributed by atoms with Crippen LogP contribution in [-0.2, 0) is 6.54 Å². The number of aromatic carboxylic acids is 1. The molecule has 2 aromatic carbocycles. The Morgan fingerprint density at radius 3 is 2.42 bits per heavy atom. The molecule has 122 valence electrons. The Kier molecular flexibility index (Phi) is 4.29. The number of hydrogen-bond donors (Lipinski definition) is 1. The van der Waals surface area contributed by atoms with Crippen LogP contribution in [0, 0.1) is 5.82 Å². The van der Waals surface area contributed by atoms with E-state index in [-0.39, 0.29) is 11.5 Å². The molecule has 1 N–H and O–H groups in total. The van der Waals surface area contributed by atoms with Gasteiger partial charge in [-0.25, -0.2) is 9.18 Å². The second-order valence-corrected chi connectivity index (χ2v) is 5.23. The molecule has 0 aliphatic rings. The van der Waals surface area contributed by atoms with E-state index in [1.165, 1.54) is 18.2 Å². The van der Waals surface area contributed by atoms with Crippen molar-refractivity contribution in [3.05, 3.63) is 71.7 Å². The molecule has 0 aliphatic carbocycles. The van der Waals surface area contributed by atoms with Crippen molar-refractivity contribution < 1.29 is 19.0 Å². The molecule has 3 rings (SSSR count). The normalized spacial score (nSPS) is 10.6. The van der Waals surface area contributed by atoms with Gasteiger partial charge < -0.3 is 9.84 Å². The van der Waals surface area contributed by atoms with Crippen LogP contribution in [0.25, 0.3) is 11.3 Å². The average molecular weight is 326 g/mol. The molecule has 24 heavy (non-hydrogen) atoms. The average Bonchev–Trinajstić information content (AvgIpc) is 3.01. The smallest absolute Gasteiger partial charge is 0.356 e. The lowest BCUT2D eigenvalue weighted by molar-refractivity contribution is 0.0689. The minimum Gasteiger partial charge on any atom is -0.497 e. The minimum atomic E-state index is -1.09. The fourth-order valence-electron chi connectivity index (χ4n) is 2.40. The van der Waals surface area contributed by atoms with Crippen molar-refractivity contribution >= 4 is 5.97 Å². The number of halogens is 1. The first-order valence-corrected chi connectivity index (χ1v) is 7.27. The summed E-state index contributed by atoms with van der Waals surface area (Å²) in [6.07, 6.45) is 0. The molecule has 0 unspecified atom stereocenters. The molecule has 0 spiro atoms. The van der Waals surface area contributed by atoms with Gasteiger partial charge in [-0.1, -0.05) is 12.1 Å². The Labute approximate surface area is 137 Å². The lowest BCUT2D eigenvalue weighted by atomic mass is 10.1. The number of nitrogens with zero attached hydrogens (tertiary/aromatic N) is 2. The lowest BCUT2D eigenvalue weighted by Gasteiger charge is -2.08. The molecule has 0 radical (unpaired) electrons. The SMILES string of the molecule is COc1ccc(-c2cc(C(=O)O)nn2Cc2ccc(F)cc2)cc1. The molecule has 6 heteroatoms. The number of methoxy groups -OCH3 is 1. The fraction of sp³-hybridized carbons (Fsp3) is 0.111. The molecule has 1 heterocycles. The van der Waals surface area contributed by atoms with E-state index in [1.807, 2.05) is 12.1 Å². The highest BCUT2D eigenvalue weighted by molar-refractivity contribution is 5.87. The molecule has 0 saturated heterocycles. The first-order chi connectivity index (χ1) is 11.6. The van der Waals surface area contributed by atoms with E-state index < -0.39 is 5.97 Å². The number of carboxylic acid groups (broad SMARTS) is 1. The van der Waals surface area contributed by atoms with Crippen molar-refractivity contribution in [1.82, 2.24) is 9.78 Å². The summed E-state index contributed by atoms with van der Waals surface area (Å²) in [6.45, 7) is 0.342. The zero-order chi connectivity index (χ0) is 17.1. The highest BCUT2D eigenvalue weighted by Crippen LogP contribution is 2.24. The summed E-state index contributed by atoms with van der Waals surface area (Å²) < 4.78 is 19.8. The number of carbonyl (C=O) groups is 1. The third-order valence-electron chi connectivity index (χ3n) is 3.63. The maximum absolute atomic E-state index is 13.0. The van der Waals surface area contributed by atoms with Crippen molar-refractivity contribution in [2.24, 2.45) is 0 Å². The van der Waals surface area contributed by atoms with E-state index in [1.54, 1.807) is 36.1 Å². The molecule has 0 amide bonds. The van der Waals surface area contributed by atoms with E-state index in [2.05, 4.69) is 5.10 Å². The van der Waals surface area contributed by atoms with Crippen LogP contribution in [0.3, 0.4) is 0 Å². The van der Waals surface area contributed by atoms with Gasteiger partial charge in [-0.2, -0.15) is 5.10 Å². The fourth-order valence-corrected chi connectivity index (χ4v) is 2.40. The summed E-state index contributed by atoms with van der Waals surface area (Å²) in [4.78, 5) is 11.2. The predicted octanol–water partition coefficient (Wildman–Crippen LogP) is 3.44. The van der Waals surface area contributed by atoms with E-state index in [9.17, 15) is 14.3 Å². The zero-order valence-electron chi connectivity index (χ0n) is 12.9. The summed E-state index contributed by atoms with van der Waals surface area (Å²) in [5.41, 5.74) is 2.27. The van der Waals surface area contributed by atoms with Gasteiger partial charge in [-0.05, 0) is 48.0 Å². The molecule has 0 atom stereocenters. The van der Waals surface area contributed by atoms with Crippen LogP contribution in [0.1, 0.15) is 16.1 Å². The van der Waals surface area contributed by atoms with Crippen LogP contribution in [0.4, 0.5) is 4.39 Å². The second-order valence-electron chi connectivity index (χ2n) is 5.23. The van der Waals surface area contributed by atoms with Crippen LogP contribution >= 0.6 is 0 Å². The monoisotopic (exact) mass is 326 g/mol. The van der Waals surface area contributed by atoms with E-state index in [0.29, 0.717) is 18.0 Å². The zero-order valence-corrected chi connectivity index (χ0v) is 12.9. The van der Waals surface area contributed by atoms with Gasteiger partial charge in [0.25, 0.3) is 0 Å². The summed E-state index contributed by atoms with van der Waals surface area (Å²) in [6, 6.07) is 14.8. The van der Waals surface area contributed by atoms with E-state index in [0.717, 1.165) is 11.1 Å². The summed E-state index contributed by atoms with van der Waals surface area (Å²) >= 11 is 0. The number of rotatable bonds is 5. The molecule has 0 aliphatic heterocycles. The standard InChI is InChI=1S/C18H15FN2O3/c1-24-15-8-4-13(5-9-15)17-10-16(18(22)23)20-21(17)11-12-2-6-14(19)7-3-12/h2-10H,11H2,1H3,(H,22,23). The van der Waals surface area contributed by atoms with Crippen LogP contribution < -0.4 is 4.74 Å². The van der Waals surface area contributed by atoms with Crippen LogP contribution in [0.5, 0.6) is 5.75 Å². The lowest BCUT2D eigenvalue weighted by Crippen LogP contribution is -2.06. The highest BCUT2D eigenvalue weighted by atomic mass is 19.1. The molecule has 0 fully saturated rings. The Bertz CT molecular complexity index is 855. The van der Waals surface area contributed by atoms with Crippen molar-refractivity contribution in [3.63, 3.8) is 0 Å². The number of aromatic nitrogens is 2. The van der Waals surface area contributed by atoms with Gasteiger partial charge in [0.2, 0.25) is 0 Å². The van der Waals surface area contributed by atoms with Gasteiger partial charge in [0.15, 0.2) is 5.69 Å². The number of ether oxygens (including phenoxy) is 1. The molecule has 0 saturated carbocycles. The van der Waals surface area contributed by atoms with Crippen molar-refractivity contribution in [2.75, 3.05) is 7.11 Å². The topological polar surface area (TPSA) is 64.3 Å². The van der Waals surface area contributed by atoms with E-state index in [4.69, 9.17) is 4.74 Å². The minimum absolute atomic E-state index is 0.0390. The first kappa shape index (κ1) is 15.7. The first-order valence-electron chi connectivity index (χ1n) is 7.27. The van der Waals surface area contributed by atoms with Gasteiger partial charge >= 0.3 is 5.97 Å².